The summed E-state index contributed by atoms with van der Waals surface area (Å²) in [4.78, 5) is 0. The largest absolute Gasteiger partial charge is 0.496 e. The van der Waals surface area contributed by atoms with E-state index in [9.17, 15) is 9.50 Å². The predicted octanol–water partition coefficient (Wildman–Crippen LogP) is 1.84. The van der Waals surface area contributed by atoms with Crippen molar-refractivity contribution in [2.75, 3.05) is 7.11 Å². The maximum absolute atomic E-state index is 13.7. The van der Waals surface area contributed by atoms with Crippen LogP contribution in [0.1, 0.15) is 17.2 Å². The van der Waals surface area contributed by atoms with Crippen molar-refractivity contribution >= 4 is 0 Å². The SMILES string of the molecule is COc1cccc(F)c1C(O)Cc1cnn(C)c1. The number of rotatable bonds is 4. The van der Waals surface area contributed by atoms with Crippen molar-refractivity contribution in [3.05, 3.63) is 47.5 Å². The van der Waals surface area contributed by atoms with Crippen LogP contribution < -0.4 is 4.74 Å². The summed E-state index contributed by atoms with van der Waals surface area (Å²) in [5, 5.41) is 14.1. The molecule has 0 aliphatic heterocycles. The number of aliphatic hydroxyl groups excluding tert-OH is 1. The molecule has 1 N–H and O–H groups in total. The van der Waals surface area contributed by atoms with Gasteiger partial charge in [-0.2, -0.15) is 5.10 Å². The van der Waals surface area contributed by atoms with Crippen LogP contribution in [-0.2, 0) is 13.5 Å². The second-order valence-electron chi connectivity index (χ2n) is 4.10. The van der Waals surface area contributed by atoms with Gasteiger partial charge in [0, 0.05) is 19.7 Å². The van der Waals surface area contributed by atoms with Crippen molar-refractivity contribution in [3.63, 3.8) is 0 Å². The van der Waals surface area contributed by atoms with Gasteiger partial charge < -0.3 is 9.84 Å². The zero-order valence-corrected chi connectivity index (χ0v) is 10.3. The summed E-state index contributed by atoms with van der Waals surface area (Å²) in [6.07, 6.45) is 2.78. The molecule has 1 unspecified atom stereocenters. The van der Waals surface area contributed by atoms with Crippen LogP contribution in [-0.4, -0.2) is 22.0 Å². The molecule has 1 aromatic heterocycles. The predicted molar refractivity (Wildman–Crippen MR) is 64.8 cm³/mol. The van der Waals surface area contributed by atoms with Gasteiger partial charge in [0.2, 0.25) is 0 Å². The molecule has 1 heterocycles. The number of hydrogen-bond acceptors (Lipinski definition) is 3. The van der Waals surface area contributed by atoms with Crippen molar-refractivity contribution < 1.29 is 14.2 Å². The Morgan fingerprint density at radius 2 is 2.28 bits per heavy atom. The molecule has 0 saturated heterocycles. The number of methoxy groups -OCH3 is 1. The van der Waals surface area contributed by atoms with E-state index in [1.54, 1.807) is 36.3 Å². The molecule has 5 heteroatoms. The monoisotopic (exact) mass is 250 g/mol. The Morgan fingerprint density at radius 3 is 2.89 bits per heavy atom. The molecule has 0 radical (unpaired) electrons. The van der Waals surface area contributed by atoms with E-state index in [2.05, 4.69) is 5.10 Å². The number of halogens is 1. The topological polar surface area (TPSA) is 47.3 Å². The van der Waals surface area contributed by atoms with Gasteiger partial charge in [0.25, 0.3) is 0 Å². The molecule has 2 aromatic rings. The summed E-state index contributed by atoms with van der Waals surface area (Å²) in [7, 11) is 3.24. The fraction of sp³-hybridized carbons (Fsp3) is 0.308. The normalized spacial score (nSPS) is 12.4. The van der Waals surface area contributed by atoms with Crippen LogP contribution in [0.15, 0.2) is 30.6 Å². The number of aromatic nitrogens is 2. The minimum Gasteiger partial charge on any atom is -0.496 e. The molecule has 0 aliphatic carbocycles. The molecular formula is C13H15FN2O2. The first-order chi connectivity index (χ1) is 8.61. The Bertz CT molecular complexity index is 540. The van der Waals surface area contributed by atoms with Gasteiger partial charge in [0.15, 0.2) is 0 Å². The maximum atomic E-state index is 13.7. The zero-order valence-electron chi connectivity index (χ0n) is 10.3. The summed E-state index contributed by atoms with van der Waals surface area (Å²) in [6.45, 7) is 0. The highest BCUT2D eigenvalue weighted by Gasteiger charge is 2.19. The highest BCUT2D eigenvalue weighted by Crippen LogP contribution is 2.29. The van der Waals surface area contributed by atoms with Crippen molar-refractivity contribution in [3.8, 4) is 5.75 Å². The highest BCUT2D eigenvalue weighted by molar-refractivity contribution is 5.37. The fourth-order valence-electron chi connectivity index (χ4n) is 1.92. The molecule has 0 amide bonds. The molecule has 0 bridgehead atoms. The third-order valence-corrected chi connectivity index (χ3v) is 2.75. The summed E-state index contributed by atoms with van der Waals surface area (Å²) in [5.74, 6) is -0.114. The van der Waals surface area contributed by atoms with Crippen LogP contribution >= 0.6 is 0 Å². The van der Waals surface area contributed by atoms with Crippen LogP contribution in [0.5, 0.6) is 5.75 Å². The lowest BCUT2D eigenvalue weighted by atomic mass is 10.0. The molecule has 96 valence electrons. The average molecular weight is 250 g/mol. The minimum absolute atomic E-state index is 0.184. The molecule has 0 aliphatic rings. The molecule has 1 atom stereocenters. The lowest BCUT2D eigenvalue weighted by Gasteiger charge is -2.14. The van der Waals surface area contributed by atoms with Gasteiger partial charge in [-0.3, -0.25) is 4.68 Å². The summed E-state index contributed by atoms with van der Waals surface area (Å²) >= 11 is 0. The minimum atomic E-state index is -0.953. The van der Waals surface area contributed by atoms with Crippen molar-refractivity contribution in [2.45, 2.75) is 12.5 Å². The highest BCUT2D eigenvalue weighted by atomic mass is 19.1. The molecule has 4 nitrogen and oxygen atoms in total. The van der Waals surface area contributed by atoms with Gasteiger partial charge in [0.1, 0.15) is 11.6 Å². The molecule has 0 spiro atoms. The van der Waals surface area contributed by atoms with Crippen LogP contribution in [0.25, 0.3) is 0 Å². The Kier molecular flexibility index (Phi) is 3.62. The second-order valence-corrected chi connectivity index (χ2v) is 4.10. The van der Waals surface area contributed by atoms with E-state index in [4.69, 9.17) is 4.74 Å². The number of aliphatic hydroxyl groups is 1. The first-order valence-corrected chi connectivity index (χ1v) is 5.60. The van der Waals surface area contributed by atoms with Gasteiger partial charge in [-0.1, -0.05) is 6.07 Å². The molecule has 1 aromatic carbocycles. The molecule has 0 saturated carbocycles. The van der Waals surface area contributed by atoms with Crippen LogP contribution in [0, 0.1) is 5.82 Å². The summed E-state index contributed by atoms with van der Waals surface area (Å²) < 4.78 is 20.4. The zero-order chi connectivity index (χ0) is 13.1. The Labute approximate surface area is 105 Å². The van der Waals surface area contributed by atoms with E-state index >= 15 is 0 Å². The van der Waals surface area contributed by atoms with E-state index in [1.807, 2.05) is 0 Å². The molecule has 0 fully saturated rings. The van der Waals surface area contributed by atoms with Gasteiger partial charge in [0.05, 0.1) is 25.0 Å². The summed E-state index contributed by atoms with van der Waals surface area (Å²) in [6, 6.07) is 4.49. The number of ether oxygens (including phenoxy) is 1. The smallest absolute Gasteiger partial charge is 0.132 e. The quantitative estimate of drug-likeness (QED) is 0.900. The molecular weight excluding hydrogens is 235 g/mol. The number of aryl methyl sites for hydroxylation is 1. The van der Waals surface area contributed by atoms with E-state index < -0.39 is 11.9 Å². The number of hydrogen-bond donors (Lipinski definition) is 1. The van der Waals surface area contributed by atoms with Crippen LogP contribution in [0.3, 0.4) is 0 Å². The van der Waals surface area contributed by atoms with E-state index in [-0.39, 0.29) is 5.56 Å². The molecule has 18 heavy (non-hydrogen) atoms. The fourth-order valence-corrected chi connectivity index (χ4v) is 1.92. The Morgan fingerprint density at radius 1 is 1.50 bits per heavy atom. The van der Waals surface area contributed by atoms with E-state index in [1.165, 1.54) is 13.2 Å². The van der Waals surface area contributed by atoms with Crippen LogP contribution in [0.2, 0.25) is 0 Å². The van der Waals surface area contributed by atoms with Gasteiger partial charge >= 0.3 is 0 Å². The van der Waals surface area contributed by atoms with E-state index in [0.717, 1.165) is 5.56 Å². The van der Waals surface area contributed by atoms with Gasteiger partial charge in [-0.05, 0) is 17.7 Å². The van der Waals surface area contributed by atoms with Crippen molar-refractivity contribution in [1.82, 2.24) is 9.78 Å². The maximum Gasteiger partial charge on any atom is 0.132 e. The first kappa shape index (κ1) is 12.6. The number of nitrogens with zero attached hydrogens (tertiary/aromatic N) is 2. The molecule has 2 rings (SSSR count). The Balaban J connectivity index is 2.25. The third kappa shape index (κ3) is 2.51. The Hall–Kier alpha value is -1.88. The van der Waals surface area contributed by atoms with Crippen molar-refractivity contribution in [2.24, 2.45) is 7.05 Å². The number of benzene rings is 1. The lowest BCUT2D eigenvalue weighted by molar-refractivity contribution is 0.169. The van der Waals surface area contributed by atoms with E-state index in [0.29, 0.717) is 12.2 Å². The average Bonchev–Trinajstić information content (AvgIpc) is 2.74. The van der Waals surface area contributed by atoms with Gasteiger partial charge in [-0.15, -0.1) is 0 Å². The first-order valence-electron chi connectivity index (χ1n) is 5.60. The van der Waals surface area contributed by atoms with Crippen LogP contribution in [0.4, 0.5) is 4.39 Å². The lowest BCUT2D eigenvalue weighted by Crippen LogP contribution is -2.06. The standard InChI is InChI=1S/C13H15FN2O2/c1-16-8-9(7-15-16)6-11(17)13-10(14)4-3-5-12(13)18-2/h3-5,7-8,11,17H,6H2,1-2H3. The third-order valence-electron chi connectivity index (χ3n) is 2.75. The second kappa shape index (κ2) is 5.18. The van der Waals surface area contributed by atoms with Crippen molar-refractivity contribution in [1.29, 1.82) is 0 Å². The van der Waals surface area contributed by atoms with Gasteiger partial charge in [-0.25, -0.2) is 4.39 Å². The summed E-state index contributed by atoms with van der Waals surface area (Å²) in [5.41, 5.74) is 1.03.